The topological polar surface area (TPSA) is 26.0 Å². The van der Waals surface area contributed by atoms with Gasteiger partial charge in [0.2, 0.25) is 0 Å². The van der Waals surface area contributed by atoms with Crippen LogP contribution in [0.1, 0.15) is 41.5 Å². The van der Waals surface area contributed by atoms with E-state index in [1.165, 1.54) is 27.5 Å². The minimum absolute atomic E-state index is 0.193. The van der Waals surface area contributed by atoms with Crippen LogP contribution in [-0.2, 0) is 0 Å². The average molecular weight is 273 g/mol. The minimum Gasteiger partial charge on any atom is -0.324 e. The highest BCUT2D eigenvalue weighted by Gasteiger charge is 2.25. The second kappa shape index (κ2) is 5.01. The maximum Gasteiger partial charge on any atom is 0.0298 e. The summed E-state index contributed by atoms with van der Waals surface area (Å²) in [6.45, 7) is 0. The highest BCUT2D eigenvalue weighted by atomic mass is 14.6. The van der Waals surface area contributed by atoms with Gasteiger partial charge in [-0.2, -0.15) is 0 Å². The molecule has 3 aromatic carbocycles. The smallest absolute Gasteiger partial charge is 0.0298 e. The summed E-state index contributed by atoms with van der Waals surface area (Å²) < 4.78 is 0. The number of fused-ring (bicyclic) bond motifs is 2. The summed E-state index contributed by atoms with van der Waals surface area (Å²) in [7, 11) is 0. The lowest BCUT2D eigenvalue weighted by Gasteiger charge is -2.30. The van der Waals surface area contributed by atoms with Gasteiger partial charge < -0.3 is 5.73 Å². The molecule has 0 heterocycles. The Bertz CT molecular complexity index is 790. The van der Waals surface area contributed by atoms with Crippen LogP contribution in [0.4, 0.5) is 0 Å². The average Bonchev–Trinajstić information content (AvgIpc) is 2.55. The van der Waals surface area contributed by atoms with Crippen molar-refractivity contribution in [3.63, 3.8) is 0 Å². The molecule has 0 bridgehead atoms. The Balaban J connectivity index is 1.84. The molecule has 1 aliphatic rings. The van der Waals surface area contributed by atoms with E-state index in [1.54, 1.807) is 0 Å². The summed E-state index contributed by atoms with van der Waals surface area (Å²) in [4.78, 5) is 0. The molecule has 21 heavy (non-hydrogen) atoms. The normalized spacial score (nSPS) is 21.2. The zero-order chi connectivity index (χ0) is 14.2. The number of rotatable bonds is 1. The monoisotopic (exact) mass is 273 g/mol. The van der Waals surface area contributed by atoms with Crippen LogP contribution in [-0.4, -0.2) is 0 Å². The Morgan fingerprint density at radius 1 is 0.714 bits per heavy atom. The molecule has 0 unspecified atom stereocenters. The molecule has 0 aliphatic heterocycles. The van der Waals surface area contributed by atoms with Crippen molar-refractivity contribution in [2.75, 3.05) is 0 Å². The molecule has 0 aromatic heterocycles. The lowest BCUT2D eigenvalue weighted by atomic mass is 9.77. The van der Waals surface area contributed by atoms with E-state index >= 15 is 0 Å². The van der Waals surface area contributed by atoms with Crippen LogP contribution in [0.15, 0.2) is 66.7 Å². The van der Waals surface area contributed by atoms with Gasteiger partial charge >= 0.3 is 0 Å². The molecule has 1 nitrogen and oxygen atoms in total. The molecule has 3 aromatic rings. The van der Waals surface area contributed by atoms with Crippen LogP contribution in [0.5, 0.6) is 0 Å². The van der Waals surface area contributed by atoms with E-state index in [-0.39, 0.29) is 6.04 Å². The number of hydrogen-bond donors (Lipinski definition) is 1. The molecule has 0 spiro atoms. The Morgan fingerprint density at radius 3 is 2.29 bits per heavy atom. The fraction of sp³-hybridized carbons (Fsp3) is 0.200. The third-order valence-electron chi connectivity index (χ3n) is 4.71. The minimum atomic E-state index is 0.193. The Labute approximate surface area is 125 Å². The number of hydrogen-bond acceptors (Lipinski definition) is 1. The second-order valence-corrected chi connectivity index (χ2v) is 5.97. The third kappa shape index (κ3) is 2.14. The maximum atomic E-state index is 6.28. The lowest BCUT2D eigenvalue weighted by Crippen LogP contribution is -2.20. The van der Waals surface area contributed by atoms with Crippen molar-refractivity contribution >= 4 is 10.8 Å². The molecule has 1 heteroatoms. The highest BCUT2D eigenvalue weighted by molar-refractivity contribution is 5.83. The van der Waals surface area contributed by atoms with Crippen LogP contribution in [0, 0.1) is 0 Å². The summed E-state index contributed by atoms with van der Waals surface area (Å²) >= 11 is 0. The molecular weight excluding hydrogens is 254 g/mol. The highest BCUT2D eigenvalue weighted by Crippen LogP contribution is 2.40. The predicted octanol–water partition coefficient (Wildman–Crippen LogP) is 4.77. The summed E-state index contributed by atoms with van der Waals surface area (Å²) in [6, 6.07) is 24.3. The molecule has 4 rings (SSSR count). The van der Waals surface area contributed by atoms with Crippen molar-refractivity contribution in [3.05, 3.63) is 83.4 Å². The van der Waals surface area contributed by atoms with Crippen LogP contribution in [0.3, 0.4) is 0 Å². The van der Waals surface area contributed by atoms with Gasteiger partial charge in [-0.3, -0.25) is 0 Å². The standard InChI is InChI=1S/C20H19N/c21-20-12-11-17(18-7-3-4-8-19(18)20)16-10-9-14-5-1-2-6-15(14)13-16/h1-10,13,17,20H,11-12,21H2/t17-,20-/m1/s1. The first kappa shape index (κ1) is 12.6. The van der Waals surface area contributed by atoms with Crippen molar-refractivity contribution < 1.29 is 0 Å². The SMILES string of the molecule is N[C@@H]1CC[C@H](c2ccc3ccccc3c2)c2ccccc21. The zero-order valence-electron chi connectivity index (χ0n) is 12.0. The molecule has 104 valence electrons. The van der Waals surface area contributed by atoms with Crippen molar-refractivity contribution in [1.82, 2.24) is 0 Å². The van der Waals surface area contributed by atoms with Crippen LogP contribution >= 0.6 is 0 Å². The van der Waals surface area contributed by atoms with Crippen LogP contribution in [0.25, 0.3) is 10.8 Å². The first-order valence-corrected chi connectivity index (χ1v) is 7.66. The summed E-state index contributed by atoms with van der Waals surface area (Å²) in [6.07, 6.45) is 2.20. The van der Waals surface area contributed by atoms with Crippen LogP contribution < -0.4 is 5.73 Å². The van der Waals surface area contributed by atoms with E-state index in [4.69, 9.17) is 5.73 Å². The zero-order valence-corrected chi connectivity index (χ0v) is 12.0. The second-order valence-electron chi connectivity index (χ2n) is 5.97. The molecule has 2 N–H and O–H groups in total. The van der Waals surface area contributed by atoms with Crippen LogP contribution in [0.2, 0.25) is 0 Å². The van der Waals surface area contributed by atoms with Gasteiger partial charge in [-0.05, 0) is 40.3 Å². The summed E-state index contributed by atoms with van der Waals surface area (Å²) in [5, 5.41) is 2.63. The predicted molar refractivity (Wildman–Crippen MR) is 88.4 cm³/mol. The van der Waals surface area contributed by atoms with Crippen molar-refractivity contribution in [2.24, 2.45) is 5.73 Å². The van der Waals surface area contributed by atoms with E-state index in [1.807, 2.05) is 0 Å². The maximum absolute atomic E-state index is 6.28. The third-order valence-corrected chi connectivity index (χ3v) is 4.71. The molecule has 0 saturated heterocycles. The van der Waals surface area contributed by atoms with Crippen molar-refractivity contribution in [1.29, 1.82) is 0 Å². The van der Waals surface area contributed by atoms with E-state index in [0.29, 0.717) is 5.92 Å². The molecule has 0 amide bonds. The van der Waals surface area contributed by atoms with E-state index in [2.05, 4.69) is 66.7 Å². The Morgan fingerprint density at radius 2 is 1.43 bits per heavy atom. The Kier molecular flexibility index (Phi) is 3.01. The van der Waals surface area contributed by atoms with E-state index in [9.17, 15) is 0 Å². The van der Waals surface area contributed by atoms with Gasteiger partial charge in [-0.1, -0.05) is 66.7 Å². The summed E-state index contributed by atoms with van der Waals surface area (Å²) in [5.74, 6) is 0.477. The fourth-order valence-electron chi connectivity index (χ4n) is 3.59. The quantitative estimate of drug-likeness (QED) is 0.679. The molecule has 2 atom stereocenters. The molecule has 0 saturated carbocycles. The van der Waals surface area contributed by atoms with Crippen molar-refractivity contribution in [2.45, 2.75) is 24.8 Å². The number of benzene rings is 3. The largest absolute Gasteiger partial charge is 0.324 e. The molecule has 0 fully saturated rings. The van der Waals surface area contributed by atoms with Gasteiger partial charge in [-0.25, -0.2) is 0 Å². The molecule has 0 radical (unpaired) electrons. The molecular formula is C20H19N. The van der Waals surface area contributed by atoms with E-state index < -0.39 is 0 Å². The van der Waals surface area contributed by atoms with Crippen molar-refractivity contribution in [3.8, 4) is 0 Å². The van der Waals surface area contributed by atoms with Gasteiger partial charge in [0.05, 0.1) is 0 Å². The first-order chi connectivity index (χ1) is 10.3. The Hall–Kier alpha value is -2.12. The first-order valence-electron chi connectivity index (χ1n) is 7.66. The van der Waals surface area contributed by atoms with Gasteiger partial charge in [0.15, 0.2) is 0 Å². The fourth-order valence-corrected chi connectivity index (χ4v) is 3.59. The van der Waals surface area contributed by atoms with Gasteiger partial charge in [0, 0.05) is 12.0 Å². The van der Waals surface area contributed by atoms with Gasteiger partial charge in [0.1, 0.15) is 0 Å². The lowest BCUT2D eigenvalue weighted by molar-refractivity contribution is 0.530. The van der Waals surface area contributed by atoms with E-state index in [0.717, 1.165) is 12.8 Å². The van der Waals surface area contributed by atoms with Gasteiger partial charge in [-0.15, -0.1) is 0 Å². The molecule has 1 aliphatic carbocycles. The summed E-state index contributed by atoms with van der Waals surface area (Å²) in [5.41, 5.74) is 10.4. The van der Waals surface area contributed by atoms with Gasteiger partial charge in [0.25, 0.3) is 0 Å². The number of nitrogens with two attached hydrogens (primary N) is 1.